The van der Waals surface area contributed by atoms with E-state index < -0.39 is 0 Å². The maximum absolute atomic E-state index is 11.6. The molecule has 1 aromatic carbocycles. The van der Waals surface area contributed by atoms with Gasteiger partial charge in [-0.25, -0.2) is 5.84 Å². The van der Waals surface area contributed by atoms with Gasteiger partial charge in [-0.2, -0.15) is 0 Å². The molecule has 21 heavy (non-hydrogen) atoms. The molecular weight excluding hydrogens is 264 g/mol. The van der Waals surface area contributed by atoms with Crippen LogP contribution < -0.4 is 11.3 Å². The van der Waals surface area contributed by atoms with E-state index in [1.807, 2.05) is 12.1 Å². The van der Waals surface area contributed by atoms with E-state index >= 15 is 0 Å². The van der Waals surface area contributed by atoms with E-state index in [2.05, 4.69) is 28.2 Å². The van der Waals surface area contributed by atoms with Gasteiger partial charge in [0, 0.05) is 37.3 Å². The molecule has 2 fully saturated rings. The van der Waals surface area contributed by atoms with Crippen molar-refractivity contribution in [3.8, 4) is 0 Å². The number of fused-ring (bicyclic) bond motifs is 1. The van der Waals surface area contributed by atoms with Crippen LogP contribution in [0.25, 0.3) is 0 Å². The van der Waals surface area contributed by atoms with Crippen molar-refractivity contribution in [1.82, 2.24) is 15.2 Å². The number of nitrogens with two attached hydrogens (primary N) is 1. The zero-order chi connectivity index (χ0) is 14.8. The first-order valence-electron chi connectivity index (χ1n) is 7.75. The van der Waals surface area contributed by atoms with E-state index in [1.165, 1.54) is 24.9 Å². The van der Waals surface area contributed by atoms with Gasteiger partial charge in [0.25, 0.3) is 5.91 Å². The summed E-state index contributed by atoms with van der Waals surface area (Å²) in [5, 5.41) is 0. The molecule has 0 aromatic heterocycles. The number of hydrogen-bond donors (Lipinski definition) is 2. The number of carbonyl (C=O) groups excluding carboxylic acids is 1. The topological polar surface area (TPSA) is 61.6 Å². The van der Waals surface area contributed by atoms with E-state index in [1.54, 1.807) is 6.07 Å². The minimum Gasteiger partial charge on any atom is -0.298 e. The summed E-state index contributed by atoms with van der Waals surface area (Å²) in [6.07, 6.45) is 2.65. The van der Waals surface area contributed by atoms with Crippen LogP contribution in [0.5, 0.6) is 0 Å². The van der Waals surface area contributed by atoms with Crippen molar-refractivity contribution in [3.05, 3.63) is 35.4 Å². The summed E-state index contributed by atoms with van der Waals surface area (Å²) in [5.74, 6) is 4.97. The van der Waals surface area contributed by atoms with Gasteiger partial charge in [0.1, 0.15) is 0 Å². The van der Waals surface area contributed by atoms with Crippen molar-refractivity contribution in [2.45, 2.75) is 38.4 Å². The molecule has 114 valence electrons. The molecule has 0 bridgehead atoms. The monoisotopic (exact) mass is 288 g/mol. The van der Waals surface area contributed by atoms with Gasteiger partial charge in [-0.15, -0.1) is 0 Å². The fourth-order valence-electron chi connectivity index (χ4n) is 3.60. The Morgan fingerprint density at radius 1 is 1.43 bits per heavy atom. The summed E-state index contributed by atoms with van der Waals surface area (Å²) >= 11 is 0. The number of hydrogen-bond acceptors (Lipinski definition) is 4. The van der Waals surface area contributed by atoms with Crippen molar-refractivity contribution < 1.29 is 4.79 Å². The molecule has 2 saturated heterocycles. The third kappa shape index (κ3) is 3.10. The Morgan fingerprint density at radius 3 is 3.10 bits per heavy atom. The van der Waals surface area contributed by atoms with Crippen LogP contribution in [0.2, 0.25) is 0 Å². The van der Waals surface area contributed by atoms with Gasteiger partial charge in [0.15, 0.2) is 0 Å². The summed E-state index contributed by atoms with van der Waals surface area (Å²) in [7, 11) is 0. The number of nitrogens with zero attached hydrogens (tertiary/aromatic N) is 2. The quantitative estimate of drug-likeness (QED) is 0.494. The SMILES string of the molecule is CC1CN2CCCC2CN1Cc1cccc(C(=O)NN)c1. The minimum atomic E-state index is -0.231. The molecular formula is C16H24N4O. The van der Waals surface area contributed by atoms with E-state index in [9.17, 15) is 4.79 Å². The number of hydrazine groups is 1. The Bertz CT molecular complexity index is 519. The van der Waals surface area contributed by atoms with Gasteiger partial charge in [-0.05, 0) is 44.0 Å². The Morgan fingerprint density at radius 2 is 2.29 bits per heavy atom. The lowest BCUT2D eigenvalue weighted by Crippen LogP contribution is -2.54. The Kier molecular flexibility index (Phi) is 4.24. The van der Waals surface area contributed by atoms with Crippen LogP contribution >= 0.6 is 0 Å². The van der Waals surface area contributed by atoms with Crippen LogP contribution in [0.3, 0.4) is 0 Å². The largest absolute Gasteiger partial charge is 0.298 e. The fraction of sp³-hybridized carbons (Fsp3) is 0.562. The molecule has 5 heteroatoms. The molecule has 1 amide bonds. The van der Waals surface area contributed by atoms with Crippen molar-refractivity contribution >= 4 is 5.91 Å². The number of benzene rings is 1. The van der Waals surface area contributed by atoms with Crippen LogP contribution in [0.15, 0.2) is 24.3 Å². The molecule has 2 heterocycles. The molecule has 3 rings (SSSR count). The number of rotatable bonds is 3. The zero-order valence-electron chi connectivity index (χ0n) is 12.6. The summed E-state index contributed by atoms with van der Waals surface area (Å²) in [5.41, 5.74) is 3.99. The Hall–Kier alpha value is -1.43. The molecule has 0 spiro atoms. The third-order valence-corrected chi connectivity index (χ3v) is 4.77. The van der Waals surface area contributed by atoms with Crippen LogP contribution in [0.4, 0.5) is 0 Å². The summed E-state index contributed by atoms with van der Waals surface area (Å²) in [6.45, 7) is 6.75. The van der Waals surface area contributed by atoms with Gasteiger partial charge in [0.2, 0.25) is 0 Å². The predicted molar refractivity (Wildman–Crippen MR) is 82.6 cm³/mol. The lowest BCUT2D eigenvalue weighted by atomic mass is 10.1. The minimum absolute atomic E-state index is 0.231. The molecule has 2 unspecified atom stereocenters. The smallest absolute Gasteiger partial charge is 0.265 e. The van der Waals surface area contributed by atoms with Crippen molar-refractivity contribution in [2.75, 3.05) is 19.6 Å². The molecule has 5 nitrogen and oxygen atoms in total. The normalized spacial score (nSPS) is 26.6. The number of carbonyl (C=O) groups is 1. The molecule has 2 atom stereocenters. The van der Waals surface area contributed by atoms with Crippen molar-refractivity contribution in [2.24, 2.45) is 5.84 Å². The summed E-state index contributed by atoms with van der Waals surface area (Å²) < 4.78 is 0. The van der Waals surface area contributed by atoms with Crippen LogP contribution in [-0.4, -0.2) is 47.4 Å². The van der Waals surface area contributed by atoms with Gasteiger partial charge < -0.3 is 0 Å². The van der Waals surface area contributed by atoms with E-state index in [-0.39, 0.29) is 5.91 Å². The number of piperazine rings is 1. The van der Waals surface area contributed by atoms with E-state index in [0.29, 0.717) is 11.6 Å². The van der Waals surface area contributed by atoms with Gasteiger partial charge in [-0.3, -0.25) is 20.0 Å². The van der Waals surface area contributed by atoms with Gasteiger partial charge >= 0.3 is 0 Å². The third-order valence-electron chi connectivity index (χ3n) is 4.77. The van der Waals surface area contributed by atoms with Gasteiger partial charge in [-0.1, -0.05) is 12.1 Å². The Balaban J connectivity index is 1.69. The molecule has 1 aromatic rings. The highest BCUT2D eigenvalue weighted by Crippen LogP contribution is 2.25. The summed E-state index contributed by atoms with van der Waals surface area (Å²) in [6, 6.07) is 9.03. The molecule has 0 saturated carbocycles. The number of nitrogen functional groups attached to an aromatic ring is 1. The zero-order valence-corrected chi connectivity index (χ0v) is 12.6. The summed E-state index contributed by atoms with van der Waals surface area (Å²) in [4.78, 5) is 16.8. The highest BCUT2D eigenvalue weighted by atomic mass is 16.2. The second-order valence-corrected chi connectivity index (χ2v) is 6.24. The first-order chi connectivity index (χ1) is 10.2. The number of nitrogens with one attached hydrogen (secondary N) is 1. The lowest BCUT2D eigenvalue weighted by molar-refractivity contribution is 0.0540. The predicted octanol–water partition coefficient (Wildman–Crippen LogP) is 0.959. The fourth-order valence-corrected chi connectivity index (χ4v) is 3.60. The van der Waals surface area contributed by atoms with E-state index in [0.717, 1.165) is 25.7 Å². The van der Waals surface area contributed by atoms with E-state index in [4.69, 9.17) is 5.84 Å². The second-order valence-electron chi connectivity index (χ2n) is 6.24. The Labute approximate surface area is 126 Å². The van der Waals surface area contributed by atoms with Crippen LogP contribution in [0.1, 0.15) is 35.7 Å². The molecule has 2 aliphatic rings. The standard InChI is InChI=1S/C16H24N4O/c1-12-9-19-7-3-6-15(19)11-20(12)10-13-4-2-5-14(8-13)16(21)18-17/h2,4-5,8,12,15H,3,6-7,9-11,17H2,1H3,(H,18,21). The lowest BCUT2D eigenvalue weighted by Gasteiger charge is -2.42. The molecule has 0 radical (unpaired) electrons. The van der Waals surface area contributed by atoms with Crippen molar-refractivity contribution in [3.63, 3.8) is 0 Å². The first-order valence-corrected chi connectivity index (χ1v) is 7.75. The molecule has 3 N–H and O–H groups in total. The maximum Gasteiger partial charge on any atom is 0.265 e. The second kappa shape index (κ2) is 6.13. The first kappa shape index (κ1) is 14.5. The molecule has 2 aliphatic heterocycles. The van der Waals surface area contributed by atoms with Crippen molar-refractivity contribution in [1.29, 1.82) is 0 Å². The van der Waals surface area contributed by atoms with Crippen LogP contribution in [-0.2, 0) is 6.54 Å². The maximum atomic E-state index is 11.6. The van der Waals surface area contributed by atoms with Gasteiger partial charge in [0.05, 0.1) is 0 Å². The highest BCUT2D eigenvalue weighted by molar-refractivity contribution is 5.93. The average Bonchev–Trinajstić information content (AvgIpc) is 2.94. The van der Waals surface area contributed by atoms with Crippen LogP contribution in [0, 0.1) is 0 Å². The average molecular weight is 288 g/mol. The molecule has 0 aliphatic carbocycles. The highest BCUT2D eigenvalue weighted by Gasteiger charge is 2.34. The number of amides is 1.